The van der Waals surface area contributed by atoms with Gasteiger partial charge in [-0.1, -0.05) is 15.9 Å². The molecule has 0 radical (unpaired) electrons. The summed E-state index contributed by atoms with van der Waals surface area (Å²) in [5.41, 5.74) is 0.721. The fourth-order valence-corrected chi connectivity index (χ4v) is 2.39. The Hall–Kier alpha value is -0.190. The van der Waals surface area contributed by atoms with Gasteiger partial charge in [-0.05, 0) is 36.8 Å². The van der Waals surface area contributed by atoms with E-state index in [0.29, 0.717) is 0 Å². The van der Waals surface area contributed by atoms with E-state index in [9.17, 15) is 4.79 Å². The number of carbonyl (C=O) groups excluding carboxylic acids is 1. The molecule has 4 heteroatoms. The molecule has 0 saturated heterocycles. The van der Waals surface area contributed by atoms with Gasteiger partial charge in [-0.2, -0.15) is 0 Å². The topological polar surface area (TPSA) is 17.1 Å². The van der Waals surface area contributed by atoms with E-state index in [2.05, 4.69) is 15.9 Å². The molecule has 15 heavy (non-hydrogen) atoms. The minimum absolute atomic E-state index is 0.0567. The van der Waals surface area contributed by atoms with Gasteiger partial charge in [0.15, 0.2) is 5.78 Å². The smallest absolute Gasteiger partial charge is 0.187 e. The molecule has 1 aromatic carbocycles. The number of carbonyl (C=O) groups is 1. The molecule has 0 aromatic heterocycles. The van der Waals surface area contributed by atoms with Crippen molar-refractivity contribution in [2.75, 3.05) is 12.5 Å². The van der Waals surface area contributed by atoms with Crippen LogP contribution in [-0.4, -0.2) is 18.3 Å². The predicted molar refractivity (Wildman–Crippen MR) is 73.6 cm³/mol. The van der Waals surface area contributed by atoms with E-state index in [1.807, 2.05) is 36.8 Å². The second-order valence-corrected chi connectivity index (χ2v) is 5.61. The molecule has 0 N–H and O–H groups in total. The SMILES string of the molecule is CSC(=CC(=O)c1ccc(Br)cc1)SC. The molecule has 0 aliphatic carbocycles. The maximum absolute atomic E-state index is 11.8. The first-order valence-electron chi connectivity index (χ1n) is 4.27. The average Bonchev–Trinajstić information content (AvgIpc) is 2.26. The summed E-state index contributed by atoms with van der Waals surface area (Å²) in [4.78, 5) is 11.8. The number of benzene rings is 1. The standard InChI is InChI=1S/C11H11BrOS2/c1-14-11(15-2)7-10(13)8-3-5-9(12)6-4-8/h3-7H,1-2H3. The van der Waals surface area contributed by atoms with Crippen molar-refractivity contribution >= 4 is 45.2 Å². The number of allylic oxidation sites excluding steroid dienone is 1. The quantitative estimate of drug-likeness (QED) is 0.613. The van der Waals surface area contributed by atoms with Crippen LogP contribution in [0.2, 0.25) is 0 Å². The summed E-state index contributed by atoms with van der Waals surface area (Å²) in [7, 11) is 0. The van der Waals surface area contributed by atoms with Crippen LogP contribution in [0.3, 0.4) is 0 Å². The van der Waals surface area contributed by atoms with Gasteiger partial charge in [0, 0.05) is 20.3 Å². The molecule has 1 nitrogen and oxygen atoms in total. The summed E-state index contributed by atoms with van der Waals surface area (Å²) in [5.74, 6) is 0.0567. The molecule has 0 spiro atoms. The molecule has 1 rings (SSSR count). The third kappa shape index (κ3) is 4.05. The van der Waals surface area contributed by atoms with Crippen LogP contribution < -0.4 is 0 Å². The van der Waals surface area contributed by atoms with Gasteiger partial charge in [-0.15, -0.1) is 23.5 Å². The molecule has 0 amide bonds. The van der Waals surface area contributed by atoms with Crippen molar-refractivity contribution in [3.05, 3.63) is 44.6 Å². The Bertz CT molecular complexity index is 365. The number of rotatable bonds is 4. The monoisotopic (exact) mass is 302 g/mol. The van der Waals surface area contributed by atoms with Crippen molar-refractivity contribution in [2.45, 2.75) is 0 Å². The van der Waals surface area contributed by atoms with Crippen molar-refractivity contribution in [1.29, 1.82) is 0 Å². The lowest BCUT2D eigenvalue weighted by Gasteiger charge is -1.99. The number of thioether (sulfide) groups is 2. The Labute approximate surface area is 107 Å². The lowest BCUT2D eigenvalue weighted by Crippen LogP contribution is -1.94. The van der Waals surface area contributed by atoms with Crippen molar-refractivity contribution in [3.8, 4) is 0 Å². The van der Waals surface area contributed by atoms with E-state index >= 15 is 0 Å². The van der Waals surface area contributed by atoms with Gasteiger partial charge in [0.25, 0.3) is 0 Å². The molecular weight excluding hydrogens is 292 g/mol. The first-order valence-corrected chi connectivity index (χ1v) is 7.51. The summed E-state index contributed by atoms with van der Waals surface area (Å²) >= 11 is 6.52. The number of halogens is 1. The number of ketones is 1. The molecule has 0 atom stereocenters. The third-order valence-corrected chi connectivity index (χ3v) is 4.35. The largest absolute Gasteiger partial charge is 0.289 e. The van der Waals surface area contributed by atoms with E-state index in [-0.39, 0.29) is 5.78 Å². The zero-order chi connectivity index (χ0) is 11.3. The van der Waals surface area contributed by atoms with E-state index in [4.69, 9.17) is 0 Å². The molecule has 1 aromatic rings. The van der Waals surface area contributed by atoms with Gasteiger partial charge >= 0.3 is 0 Å². The van der Waals surface area contributed by atoms with Gasteiger partial charge in [-0.3, -0.25) is 4.79 Å². The lowest BCUT2D eigenvalue weighted by molar-refractivity contribution is 0.104. The highest BCUT2D eigenvalue weighted by Gasteiger charge is 2.03. The molecule has 0 bridgehead atoms. The minimum atomic E-state index is 0.0567. The Balaban J connectivity index is 2.85. The van der Waals surface area contributed by atoms with Crippen molar-refractivity contribution in [2.24, 2.45) is 0 Å². The van der Waals surface area contributed by atoms with Gasteiger partial charge in [-0.25, -0.2) is 0 Å². The summed E-state index contributed by atoms with van der Waals surface area (Å²) < 4.78 is 2.01. The molecule has 0 heterocycles. The second kappa shape index (κ2) is 6.40. The van der Waals surface area contributed by atoms with E-state index in [1.54, 1.807) is 29.6 Å². The highest BCUT2D eigenvalue weighted by molar-refractivity contribution is 9.10. The Morgan fingerprint density at radius 3 is 2.20 bits per heavy atom. The maximum atomic E-state index is 11.8. The normalized spacial score (nSPS) is 9.80. The lowest BCUT2D eigenvalue weighted by atomic mass is 10.1. The van der Waals surface area contributed by atoms with Crippen LogP contribution in [0, 0.1) is 0 Å². The van der Waals surface area contributed by atoms with Crippen LogP contribution in [0.25, 0.3) is 0 Å². The maximum Gasteiger partial charge on any atom is 0.187 e. The van der Waals surface area contributed by atoms with Gasteiger partial charge in [0.1, 0.15) is 0 Å². The van der Waals surface area contributed by atoms with Crippen LogP contribution in [-0.2, 0) is 0 Å². The summed E-state index contributed by atoms with van der Waals surface area (Å²) in [5, 5.41) is 0. The van der Waals surface area contributed by atoms with Crippen LogP contribution >= 0.6 is 39.5 Å². The summed E-state index contributed by atoms with van der Waals surface area (Å²) in [6, 6.07) is 7.39. The molecule has 0 fully saturated rings. The number of hydrogen-bond donors (Lipinski definition) is 0. The third-order valence-electron chi connectivity index (χ3n) is 1.78. The number of hydrogen-bond acceptors (Lipinski definition) is 3. The minimum Gasteiger partial charge on any atom is -0.289 e. The first kappa shape index (κ1) is 12.9. The fourth-order valence-electron chi connectivity index (χ4n) is 1.01. The summed E-state index contributed by atoms with van der Waals surface area (Å²) in [6.45, 7) is 0. The van der Waals surface area contributed by atoms with Crippen LogP contribution in [0.5, 0.6) is 0 Å². The Morgan fingerprint density at radius 1 is 1.20 bits per heavy atom. The molecule has 80 valence electrons. The van der Waals surface area contributed by atoms with E-state index in [1.165, 1.54) is 0 Å². The first-order chi connectivity index (χ1) is 7.17. The summed E-state index contributed by atoms with van der Waals surface area (Å²) in [6.07, 6.45) is 5.62. The molecule has 0 aliphatic rings. The second-order valence-electron chi connectivity index (χ2n) is 2.74. The Morgan fingerprint density at radius 2 is 1.73 bits per heavy atom. The zero-order valence-corrected chi connectivity index (χ0v) is 11.7. The van der Waals surface area contributed by atoms with Gasteiger partial charge in [0.05, 0.1) is 0 Å². The Kier molecular flexibility index (Phi) is 5.50. The predicted octanol–water partition coefficient (Wildman–Crippen LogP) is 4.20. The molecule has 0 aliphatic heterocycles. The van der Waals surface area contributed by atoms with Crippen molar-refractivity contribution in [1.82, 2.24) is 0 Å². The van der Waals surface area contributed by atoms with Crippen LogP contribution in [0.1, 0.15) is 10.4 Å². The molecular formula is C11H11BrOS2. The average molecular weight is 303 g/mol. The van der Waals surface area contributed by atoms with E-state index in [0.717, 1.165) is 14.3 Å². The van der Waals surface area contributed by atoms with Crippen molar-refractivity contribution in [3.63, 3.8) is 0 Å². The fraction of sp³-hybridized carbons (Fsp3) is 0.182. The van der Waals surface area contributed by atoms with Crippen LogP contribution in [0.4, 0.5) is 0 Å². The highest BCUT2D eigenvalue weighted by atomic mass is 79.9. The zero-order valence-electron chi connectivity index (χ0n) is 8.49. The van der Waals surface area contributed by atoms with E-state index < -0.39 is 0 Å². The molecule has 0 unspecified atom stereocenters. The van der Waals surface area contributed by atoms with Crippen molar-refractivity contribution < 1.29 is 4.79 Å². The molecule has 0 saturated carbocycles. The highest BCUT2D eigenvalue weighted by Crippen LogP contribution is 2.24. The van der Waals surface area contributed by atoms with Gasteiger partial charge in [0.2, 0.25) is 0 Å². The van der Waals surface area contributed by atoms with Gasteiger partial charge < -0.3 is 0 Å². The van der Waals surface area contributed by atoms with Crippen LogP contribution in [0.15, 0.2) is 39.1 Å².